The normalized spacial score (nSPS) is 11.2. The molecule has 2 aromatic carbocycles. The van der Waals surface area contributed by atoms with Gasteiger partial charge in [0, 0.05) is 15.6 Å². The predicted molar refractivity (Wildman–Crippen MR) is 113 cm³/mol. The first kappa shape index (κ1) is 20.5. The Balaban J connectivity index is 1.79. The highest BCUT2D eigenvalue weighted by molar-refractivity contribution is 7.98. The van der Waals surface area contributed by atoms with Crippen molar-refractivity contribution in [3.05, 3.63) is 63.4 Å². The van der Waals surface area contributed by atoms with Crippen LogP contribution in [0.2, 0.25) is 10.0 Å². The zero-order valence-corrected chi connectivity index (χ0v) is 17.8. The Morgan fingerprint density at radius 1 is 1.14 bits per heavy atom. The lowest BCUT2D eigenvalue weighted by Crippen LogP contribution is -2.00. The van der Waals surface area contributed by atoms with Crippen molar-refractivity contribution in [2.45, 2.75) is 18.7 Å². The molecule has 1 heterocycles. The van der Waals surface area contributed by atoms with Gasteiger partial charge in [-0.05, 0) is 49.1 Å². The van der Waals surface area contributed by atoms with Crippen molar-refractivity contribution in [2.75, 3.05) is 13.4 Å². The topological polar surface area (TPSA) is 61.5 Å². The third-order valence-corrected chi connectivity index (χ3v) is 5.22. The summed E-state index contributed by atoms with van der Waals surface area (Å²) in [5.41, 5.74) is 1.58. The molecule has 3 rings (SSSR count). The van der Waals surface area contributed by atoms with Crippen LogP contribution in [-0.4, -0.2) is 34.5 Å². The molecule has 0 saturated heterocycles. The third-order valence-electron chi connectivity index (χ3n) is 3.89. The standard InChI is InChI=1S/C19H18Cl2N4O2S/c1-12-23-24-19(28-3)25(12)22-10-13-7-8-17(18(9-13)26-2)27-11-14-15(20)5-4-6-16(14)21/h4-10H,11H2,1-3H3/b22-10-. The van der Waals surface area contributed by atoms with Crippen molar-refractivity contribution in [3.8, 4) is 11.5 Å². The molecule has 1 aromatic heterocycles. The van der Waals surface area contributed by atoms with Crippen LogP contribution in [0.15, 0.2) is 46.7 Å². The number of aromatic nitrogens is 3. The molecule has 0 saturated carbocycles. The number of halogens is 2. The highest BCUT2D eigenvalue weighted by Gasteiger charge is 2.10. The molecule has 3 aromatic rings. The third kappa shape index (κ3) is 4.60. The largest absolute Gasteiger partial charge is 0.493 e. The molecule has 0 spiro atoms. The van der Waals surface area contributed by atoms with E-state index in [0.717, 1.165) is 16.3 Å². The van der Waals surface area contributed by atoms with Gasteiger partial charge < -0.3 is 9.47 Å². The Morgan fingerprint density at radius 2 is 1.89 bits per heavy atom. The van der Waals surface area contributed by atoms with Crippen molar-refractivity contribution in [3.63, 3.8) is 0 Å². The van der Waals surface area contributed by atoms with Gasteiger partial charge in [-0.15, -0.1) is 10.2 Å². The first-order chi connectivity index (χ1) is 13.5. The van der Waals surface area contributed by atoms with Gasteiger partial charge in [0.05, 0.1) is 13.3 Å². The zero-order valence-electron chi connectivity index (χ0n) is 15.5. The number of hydrogen-bond donors (Lipinski definition) is 0. The van der Waals surface area contributed by atoms with Crippen LogP contribution in [0.25, 0.3) is 0 Å². The number of ether oxygens (including phenoxy) is 2. The summed E-state index contributed by atoms with van der Waals surface area (Å²) in [6.07, 6.45) is 3.64. The smallest absolute Gasteiger partial charge is 0.211 e. The molecule has 0 N–H and O–H groups in total. The predicted octanol–water partition coefficient (Wildman–Crippen LogP) is 5.09. The fourth-order valence-corrected chi connectivity index (χ4v) is 3.41. The molecule has 0 atom stereocenters. The van der Waals surface area contributed by atoms with Gasteiger partial charge in [-0.2, -0.15) is 9.78 Å². The minimum Gasteiger partial charge on any atom is -0.493 e. The summed E-state index contributed by atoms with van der Waals surface area (Å²) in [6, 6.07) is 10.9. The van der Waals surface area contributed by atoms with Crippen LogP contribution in [0, 0.1) is 6.92 Å². The first-order valence-electron chi connectivity index (χ1n) is 8.27. The second-order valence-corrected chi connectivity index (χ2v) is 7.28. The number of methoxy groups -OCH3 is 1. The molecule has 28 heavy (non-hydrogen) atoms. The lowest BCUT2D eigenvalue weighted by atomic mass is 10.2. The van der Waals surface area contributed by atoms with Crippen LogP contribution in [-0.2, 0) is 6.61 Å². The van der Waals surface area contributed by atoms with Crippen LogP contribution in [0.1, 0.15) is 17.0 Å². The van der Waals surface area contributed by atoms with Gasteiger partial charge in [0.2, 0.25) is 5.16 Å². The Morgan fingerprint density at radius 3 is 2.57 bits per heavy atom. The Hall–Kier alpha value is -2.22. The molecule has 6 nitrogen and oxygen atoms in total. The highest BCUT2D eigenvalue weighted by atomic mass is 35.5. The Bertz CT molecular complexity index is 987. The van der Waals surface area contributed by atoms with E-state index in [4.69, 9.17) is 32.7 Å². The van der Waals surface area contributed by atoms with Gasteiger partial charge in [0.15, 0.2) is 17.3 Å². The van der Waals surface area contributed by atoms with Crippen LogP contribution in [0.3, 0.4) is 0 Å². The number of thioether (sulfide) groups is 1. The molecule has 0 amide bonds. The molecule has 0 radical (unpaired) electrons. The fraction of sp³-hybridized carbons (Fsp3) is 0.211. The molecule has 9 heteroatoms. The molecule has 0 aliphatic carbocycles. The second kappa shape index (κ2) is 9.32. The zero-order chi connectivity index (χ0) is 20.1. The van der Waals surface area contributed by atoms with E-state index in [1.165, 1.54) is 11.8 Å². The van der Waals surface area contributed by atoms with Crippen molar-refractivity contribution >= 4 is 41.2 Å². The number of rotatable bonds is 7. The summed E-state index contributed by atoms with van der Waals surface area (Å²) < 4.78 is 13.0. The summed E-state index contributed by atoms with van der Waals surface area (Å²) >= 11 is 13.9. The molecular formula is C19H18Cl2N4O2S. The monoisotopic (exact) mass is 436 g/mol. The van der Waals surface area contributed by atoms with Crippen molar-refractivity contribution in [1.29, 1.82) is 0 Å². The van der Waals surface area contributed by atoms with Crippen molar-refractivity contribution < 1.29 is 9.47 Å². The molecule has 0 aliphatic rings. The molecule has 146 valence electrons. The Kier molecular flexibility index (Phi) is 6.83. The van der Waals surface area contributed by atoms with E-state index in [2.05, 4.69) is 15.3 Å². The summed E-state index contributed by atoms with van der Waals surface area (Å²) in [5, 5.41) is 14.4. The lowest BCUT2D eigenvalue weighted by Gasteiger charge is -2.13. The Labute approximate surface area is 177 Å². The second-order valence-electron chi connectivity index (χ2n) is 5.69. The number of benzene rings is 2. The first-order valence-corrected chi connectivity index (χ1v) is 10.3. The quantitative estimate of drug-likeness (QED) is 0.381. The van der Waals surface area contributed by atoms with Crippen LogP contribution >= 0.6 is 35.0 Å². The maximum absolute atomic E-state index is 6.19. The average molecular weight is 437 g/mol. The lowest BCUT2D eigenvalue weighted by molar-refractivity contribution is 0.284. The van der Waals surface area contributed by atoms with E-state index in [0.29, 0.717) is 27.4 Å². The summed E-state index contributed by atoms with van der Waals surface area (Å²) in [5.74, 6) is 1.88. The van der Waals surface area contributed by atoms with Gasteiger partial charge in [0.1, 0.15) is 6.61 Å². The van der Waals surface area contributed by atoms with Crippen molar-refractivity contribution in [2.24, 2.45) is 5.10 Å². The number of aryl methyl sites for hydroxylation is 1. The SMILES string of the molecule is COc1cc(/C=N\n2c(C)nnc2SC)ccc1OCc1c(Cl)cccc1Cl. The fourth-order valence-electron chi connectivity index (χ4n) is 2.43. The van der Waals surface area contributed by atoms with Gasteiger partial charge in [-0.1, -0.05) is 41.0 Å². The summed E-state index contributed by atoms with van der Waals surface area (Å²) in [4.78, 5) is 0. The van der Waals surface area contributed by atoms with E-state index in [1.807, 2.05) is 31.4 Å². The maximum atomic E-state index is 6.19. The minimum absolute atomic E-state index is 0.235. The number of hydrogen-bond acceptors (Lipinski definition) is 6. The minimum atomic E-state index is 0.235. The van der Waals surface area contributed by atoms with Gasteiger partial charge in [-0.25, -0.2) is 0 Å². The van der Waals surface area contributed by atoms with Gasteiger partial charge in [-0.3, -0.25) is 0 Å². The molecule has 0 unspecified atom stereocenters. The highest BCUT2D eigenvalue weighted by Crippen LogP contribution is 2.31. The number of nitrogens with zero attached hydrogens (tertiary/aromatic N) is 4. The van der Waals surface area contributed by atoms with Crippen LogP contribution in [0.4, 0.5) is 0 Å². The van der Waals surface area contributed by atoms with E-state index in [1.54, 1.807) is 36.2 Å². The average Bonchev–Trinajstić information content (AvgIpc) is 3.06. The van der Waals surface area contributed by atoms with E-state index in [-0.39, 0.29) is 6.61 Å². The van der Waals surface area contributed by atoms with Crippen LogP contribution in [0.5, 0.6) is 11.5 Å². The van der Waals surface area contributed by atoms with E-state index >= 15 is 0 Å². The maximum Gasteiger partial charge on any atom is 0.211 e. The van der Waals surface area contributed by atoms with Crippen LogP contribution < -0.4 is 9.47 Å². The van der Waals surface area contributed by atoms with E-state index < -0.39 is 0 Å². The summed E-state index contributed by atoms with van der Waals surface area (Å²) in [6.45, 7) is 2.08. The molecular weight excluding hydrogens is 419 g/mol. The molecule has 0 aliphatic heterocycles. The van der Waals surface area contributed by atoms with Crippen molar-refractivity contribution in [1.82, 2.24) is 14.9 Å². The molecule has 0 fully saturated rings. The summed E-state index contributed by atoms with van der Waals surface area (Å²) in [7, 11) is 1.58. The van der Waals surface area contributed by atoms with Gasteiger partial charge in [0.25, 0.3) is 0 Å². The van der Waals surface area contributed by atoms with E-state index in [9.17, 15) is 0 Å². The van der Waals surface area contributed by atoms with Gasteiger partial charge >= 0.3 is 0 Å². The molecule has 0 bridgehead atoms.